The van der Waals surface area contributed by atoms with Crippen LogP contribution in [0, 0.1) is 0 Å². The van der Waals surface area contributed by atoms with Crippen molar-refractivity contribution in [2.24, 2.45) is 0 Å². The van der Waals surface area contributed by atoms with Gasteiger partial charge in [0, 0.05) is 12.6 Å². The van der Waals surface area contributed by atoms with Gasteiger partial charge in [0.1, 0.15) is 0 Å². The molecule has 3 aliphatic rings. The van der Waals surface area contributed by atoms with Crippen molar-refractivity contribution < 1.29 is 4.79 Å². The topological polar surface area (TPSA) is 35.6 Å². The van der Waals surface area contributed by atoms with E-state index >= 15 is 0 Å². The SMILES string of the molecule is CC1NC2(CC2)C(=O)N1CC1CCCCN1C. The number of likely N-dealkylation sites (N-methyl/N-ethyl adjacent to an activating group) is 1. The van der Waals surface area contributed by atoms with Gasteiger partial charge in [0.05, 0.1) is 11.7 Å². The van der Waals surface area contributed by atoms with Gasteiger partial charge in [-0.1, -0.05) is 6.42 Å². The molecule has 1 N–H and O–H groups in total. The highest BCUT2D eigenvalue weighted by Gasteiger charge is 2.58. The van der Waals surface area contributed by atoms with Crippen molar-refractivity contribution in [3.8, 4) is 0 Å². The first kappa shape index (κ1) is 11.5. The second-order valence-corrected chi connectivity index (χ2v) is 5.99. The van der Waals surface area contributed by atoms with Gasteiger partial charge in [0.25, 0.3) is 0 Å². The highest BCUT2D eigenvalue weighted by Crippen LogP contribution is 2.42. The molecule has 96 valence electrons. The zero-order chi connectivity index (χ0) is 12.0. The molecule has 0 aromatic carbocycles. The lowest BCUT2D eigenvalue weighted by Gasteiger charge is -2.36. The van der Waals surface area contributed by atoms with E-state index in [0.717, 1.165) is 19.4 Å². The monoisotopic (exact) mass is 237 g/mol. The molecule has 2 atom stereocenters. The van der Waals surface area contributed by atoms with E-state index in [1.54, 1.807) is 0 Å². The number of piperidine rings is 1. The normalized spacial score (nSPS) is 36.8. The molecule has 3 rings (SSSR count). The van der Waals surface area contributed by atoms with Crippen molar-refractivity contribution in [3.05, 3.63) is 0 Å². The van der Waals surface area contributed by atoms with Crippen LogP contribution in [0.1, 0.15) is 39.0 Å². The molecule has 3 fully saturated rings. The summed E-state index contributed by atoms with van der Waals surface area (Å²) >= 11 is 0. The predicted octanol–water partition coefficient (Wildman–Crippen LogP) is 0.781. The van der Waals surface area contributed by atoms with Crippen LogP contribution in [0.2, 0.25) is 0 Å². The minimum atomic E-state index is -0.146. The third-order valence-electron chi connectivity index (χ3n) is 4.70. The second-order valence-electron chi connectivity index (χ2n) is 5.99. The van der Waals surface area contributed by atoms with Gasteiger partial charge in [-0.05, 0) is 46.2 Å². The summed E-state index contributed by atoms with van der Waals surface area (Å²) in [6.45, 7) is 4.21. The van der Waals surface area contributed by atoms with Gasteiger partial charge < -0.3 is 9.80 Å². The minimum Gasteiger partial charge on any atom is -0.324 e. The highest BCUT2D eigenvalue weighted by atomic mass is 16.2. The summed E-state index contributed by atoms with van der Waals surface area (Å²) < 4.78 is 0. The molecule has 17 heavy (non-hydrogen) atoms. The molecule has 2 unspecified atom stereocenters. The van der Waals surface area contributed by atoms with Crippen molar-refractivity contribution in [1.82, 2.24) is 15.1 Å². The average Bonchev–Trinajstić information content (AvgIpc) is 3.03. The number of carbonyl (C=O) groups is 1. The van der Waals surface area contributed by atoms with E-state index in [2.05, 4.69) is 29.1 Å². The van der Waals surface area contributed by atoms with E-state index in [0.29, 0.717) is 11.9 Å². The second kappa shape index (κ2) is 3.95. The molecule has 4 heteroatoms. The summed E-state index contributed by atoms with van der Waals surface area (Å²) in [5.74, 6) is 0.351. The number of nitrogens with zero attached hydrogens (tertiary/aromatic N) is 2. The Balaban J connectivity index is 1.66. The standard InChI is InChI=1S/C13H23N3O/c1-10-14-13(6-7-13)12(17)16(10)9-11-5-3-4-8-15(11)2/h10-11,14H,3-9H2,1-2H3. The number of rotatable bonds is 2. The molecule has 0 radical (unpaired) electrons. The Hall–Kier alpha value is -0.610. The van der Waals surface area contributed by atoms with Gasteiger partial charge in [-0.3, -0.25) is 10.1 Å². The maximum absolute atomic E-state index is 12.3. The molecule has 1 amide bonds. The van der Waals surface area contributed by atoms with Crippen LogP contribution in [0.5, 0.6) is 0 Å². The summed E-state index contributed by atoms with van der Waals surface area (Å²) in [6, 6.07) is 0.561. The molecule has 0 aromatic heterocycles. The molecule has 0 bridgehead atoms. The van der Waals surface area contributed by atoms with Crippen LogP contribution in [-0.4, -0.2) is 53.6 Å². The summed E-state index contributed by atoms with van der Waals surface area (Å²) in [5.41, 5.74) is -0.146. The lowest BCUT2D eigenvalue weighted by atomic mass is 10.0. The average molecular weight is 237 g/mol. The Labute approximate surface area is 103 Å². The van der Waals surface area contributed by atoms with E-state index in [-0.39, 0.29) is 11.7 Å². The van der Waals surface area contributed by atoms with Crippen molar-refractivity contribution in [2.45, 2.75) is 56.8 Å². The maximum atomic E-state index is 12.3. The maximum Gasteiger partial charge on any atom is 0.244 e. The van der Waals surface area contributed by atoms with Gasteiger partial charge in [-0.2, -0.15) is 0 Å². The first-order valence-corrected chi connectivity index (χ1v) is 6.91. The first-order valence-electron chi connectivity index (χ1n) is 6.91. The number of likely N-dealkylation sites (tertiary alicyclic amines) is 1. The molecule has 1 spiro atoms. The molecule has 4 nitrogen and oxygen atoms in total. The number of nitrogens with one attached hydrogen (secondary N) is 1. The van der Waals surface area contributed by atoms with E-state index in [9.17, 15) is 4.79 Å². The summed E-state index contributed by atoms with van der Waals surface area (Å²) in [6.07, 6.45) is 6.14. The van der Waals surface area contributed by atoms with Crippen LogP contribution in [-0.2, 0) is 4.79 Å². The first-order chi connectivity index (χ1) is 8.12. The minimum absolute atomic E-state index is 0.146. The molecule has 1 aliphatic carbocycles. The molecule has 0 aromatic rings. The molecule has 2 saturated heterocycles. The number of hydrogen-bond donors (Lipinski definition) is 1. The lowest BCUT2D eigenvalue weighted by molar-refractivity contribution is -0.131. The Bertz CT molecular complexity index is 327. The molecular weight excluding hydrogens is 214 g/mol. The Kier molecular flexibility index (Phi) is 2.67. The van der Waals surface area contributed by atoms with E-state index in [4.69, 9.17) is 0 Å². The fourth-order valence-electron chi connectivity index (χ4n) is 3.32. The largest absolute Gasteiger partial charge is 0.324 e. The van der Waals surface area contributed by atoms with Crippen molar-refractivity contribution in [2.75, 3.05) is 20.1 Å². The van der Waals surface area contributed by atoms with Gasteiger partial charge in [0.2, 0.25) is 5.91 Å². The Morgan fingerprint density at radius 2 is 2.18 bits per heavy atom. The fraction of sp³-hybridized carbons (Fsp3) is 0.923. The van der Waals surface area contributed by atoms with Crippen LogP contribution < -0.4 is 5.32 Å². The smallest absolute Gasteiger partial charge is 0.244 e. The van der Waals surface area contributed by atoms with Crippen molar-refractivity contribution in [1.29, 1.82) is 0 Å². The van der Waals surface area contributed by atoms with Gasteiger partial charge >= 0.3 is 0 Å². The van der Waals surface area contributed by atoms with Crippen LogP contribution in [0.4, 0.5) is 0 Å². The fourth-order valence-corrected chi connectivity index (χ4v) is 3.32. The zero-order valence-electron chi connectivity index (χ0n) is 10.9. The van der Waals surface area contributed by atoms with E-state index in [1.165, 1.54) is 25.8 Å². The van der Waals surface area contributed by atoms with Gasteiger partial charge in [-0.25, -0.2) is 0 Å². The quantitative estimate of drug-likeness (QED) is 0.771. The van der Waals surface area contributed by atoms with Crippen LogP contribution in [0.3, 0.4) is 0 Å². The van der Waals surface area contributed by atoms with E-state index < -0.39 is 0 Å². The third kappa shape index (κ3) is 1.87. The number of carbonyl (C=O) groups excluding carboxylic acids is 1. The predicted molar refractivity (Wildman–Crippen MR) is 66.5 cm³/mol. The molecular formula is C13H23N3O. The van der Waals surface area contributed by atoms with Crippen molar-refractivity contribution >= 4 is 5.91 Å². The van der Waals surface area contributed by atoms with Crippen molar-refractivity contribution in [3.63, 3.8) is 0 Å². The van der Waals surface area contributed by atoms with Crippen LogP contribution in [0.15, 0.2) is 0 Å². The number of amides is 1. The van der Waals surface area contributed by atoms with Gasteiger partial charge in [0.15, 0.2) is 0 Å². The summed E-state index contributed by atoms with van der Waals surface area (Å²) in [5, 5.41) is 3.47. The van der Waals surface area contributed by atoms with E-state index in [1.807, 2.05) is 0 Å². The lowest BCUT2D eigenvalue weighted by Crippen LogP contribution is -2.48. The molecule has 2 aliphatic heterocycles. The number of hydrogen-bond acceptors (Lipinski definition) is 3. The Morgan fingerprint density at radius 3 is 2.76 bits per heavy atom. The molecule has 1 saturated carbocycles. The molecule has 2 heterocycles. The third-order valence-corrected chi connectivity index (χ3v) is 4.70. The van der Waals surface area contributed by atoms with Crippen LogP contribution in [0.25, 0.3) is 0 Å². The Morgan fingerprint density at radius 1 is 1.41 bits per heavy atom. The zero-order valence-corrected chi connectivity index (χ0v) is 10.9. The highest BCUT2D eigenvalue weighted by molar-refractivity contribution is 5.91. The van der Waals surface area contributed by atoms with Crippen LogP contribution >= 0.6 is 0 Å². The summed E-state index contributed by atoms with van der Waals surface area (Å²) in [7, 11) is 2.19. The van der Waals surface area contributed by atoms with Gasteiger partial charge in [-0.15, -0.1) is 0 Å². The summed E-state index contributed by atoms with van der Waals surface area (Å²) in [4.78, 5) is 16.8.